The Morgan fingerprint density at radius 2 is 1.63 bits per heavy atom. The molecule has 6 rings (SSSR count). The average Bonchev–Trinajstić information content (AvgIpc) is 2.70. The molecule has 6 heteroatoms. The highest BCUT2D eigenvalue weighted by molar-refractivity contribution is 6.34. The van der Waals surface area contributed by atoms with Gasteiger partial charge in [-0.3, -0.25) is 14.9 Å². The number of hydrogen-bond acceptors (Lipinski definition) is 3. The molecular formula is C24H25ClN2O3. The van der Waals surface area contributed by atoms with E-state index in [2.05, 4.69) is 10.6 Å². The lowest BCUT2D eigenvalue weighted by atomic mass is 9.49. The molecule has 0 aliphatic heterocycles. The Kier molecular flexibility index (Phi) is 5.02. The minimum Gasteiger partial charge on any atom is -0.304 e. The van der Waals surface area contributed by atoms with Gasteiger partial charge in [0.1, 0.15) is 0 Å². The zero-order valence-electron chi connectivity index (χ0n) is 16.6. The molecule has 5 aliphatic rings. The first-order chi connectivity index (χ1) is 14.5. The fraction of sp³-hybridized carbons (Fsp3) is 0.458. The minimum absolute atomic E-state index is 0.0460. The molecule has 1 atom stereocenters. The highest BCUT2D eigenvalue weighted by atomic mass is 35.5. The Morgan fingerprint density at radius 3 is 2.30 bits per heavy atom. The van der Waals surface area contributed by atoms with Gasteiger partial charge in [-0.1, -0.05) is 35.9 Å². The van der Waals surface area contributed by atoms with Gasteiger partial charge in [-0.2, -0.15) is 0 Å². The summed E-state index contributed by atoms with van der Waals surface area (Å²) in [5.41, 5.74) is 0.463. The second kappa shape index (κ2) is 7.69. The van der Waals surface area contributed by atoms with Gasteiger partial charge >= 0.3 is 6.03 Å². The molecule has 1 aromatic rings. The van der Waals surface area contributed by atoms with Crippen LogP contribution in [0.4, 0.5) is 4.79 Å². The van der Waals surface area contributed by atoms with E-state index in [1.165, 1.54) is 32.1 Å². The summed E-state index contributed by atoms with van der Waals surface area (Å²) in [6.07, 6.45) is 11.8. The number of Topliss-reactive ketones (excluding diaryl/α,β-unsaturated/α-hetero) is 1. The fourth-order valence-corrected chi connectivity index (χ4v) is 6.77. The lowest BCUT2D eigenvalue weighted by Crippen LogP contribution is -2.50. The SMILES string of the molecule is O=C(NC(=O)c1ccccc1Cl)NC1=CC=CC(C2C3CC4CC(C3)CC2C4)C1=O. The van der Waals surface area contributed by atoms with Crippen LogP contribution in [0.3, 0.4) is 0 Å². The van der Waals surface area contributed by atoms with Crippen molar-refractivity contribution in [3.05, 3.63) is 58.8 Å². The molecule has 0 radical (unpaired) electrons. The van der Waals surface area contributed by atoms with E-state index in [1.807, 2.05) is 12.2 Å². The number of urea groups is 1. The molecule has 1 unspecified atom stereocenters. The van der Waals surface area contributed by atoms with Crippen molar-refractivity contribution in [1.29, 1.82) is 0 Å². The van der Waals surface area contributed by atoms with Crippen LogP contribution in [-0.2, 0) is 4.79 Å². The number of halogens is 1. The van der Waals surface area contributed by atoms with Crippen LogP contribution < -0.4 is 10.6 Å². The first-order valence-electron chi connectivity index (χ1n) is 10.8. The maximum atomic E-state index is 13.2. The number of carbonyl (C=O) groups is 3. The summed E-state index contributed by atoms with van der Waals surface area (Å²) in [6.45, 7) is 0. The largest absolute Gasteiger partial charge is 0.326 e. The van der Waals surface area contributed by atoms with Crippen LogP contribution in [-0.4, -0.2) is 17.7 Å². The van der Waals surface area contributed by atoms with Crippen LogP contribution >= 0.6 is 11.6 Å². The van der Waals surface area contributed by atoms with Crippen molar-refractivity contribution in [1.82, 2.24) is 10.6 Å². The van der Waals surface area contributed by atoms with Crippen LogP contribution in [0.2, 0.25) is 5.02 Å². The zero-order chi connectivity index (χ0) is 20.8. The van der Waals surface area contributed by atoms with Crippen molar-refractivity contribution >= 4 is 29.3 Å². The molecule has 30 heavy (non-hydrogen) atoms. The smallest absolute Gasteiger partial charge is 0.304 e. The normalized spacial score (nSPS) is 33.9. The summed E-state index contributed by atoms with van der Waals surface area (Å²) in [5, 5.41) is 5.11. The third-order valence-corrected chi connectivity index (χ3v) is 7.79. The van der Waals surface area contributed by atoms with E-state index in [0.717, 1.165) is 11.8 Å². The Morgan fingerprint density at radius 1 is 0.967 bits per heavy atom. The lowest BCUT2D eigenvalue weighted by Gasteiger charge is -2.56. The molecule has 0 saturated heterocycles. The Balaban J connectivity index is 1.25. The number of hydrogen-bond donors (Lipinski definition) is 2. The minimum atomic E-state index is -0.723. The molecule has 2 N–H and O–H groups in total. The van der Waals surface area contributed by atoms with Crippen molar-refractivity contribution in [3.8, 4) is 0 Å². The predicted octanol–water partition coefficient (Wildman–Crippen LogP) is 4.49. The van der Waals surface area contributed by atoms with Gasteiger partial charge in [-0.25, -0.2) is 4.79 Å². The molecule has 0 spiro atoms. The summed E-state index contributed by atoms with van der Waals surface area (Å²) >= 11 is 6.02. The molecule has 156 valence electrons. The monoisotopic (exact) mass is 424 g/mol. The van der Waals surface area contributed by atoms with Crippen molar-refractivity contribution in [2.45, 2.75) is 32.1 Å². The highest BCUT2D eigenvalue weighted by Gasteiger charge is 2.51. The van der Waals surface area contributed by atoms with Gasteiger partial charge in [0, 0.05) is 5.92 Å². The standard InChI is InChI=1S/C24H25ClN2O3/c25-19-6-2-1-4-17(19)23(29)27-24(30)26-20-7-3-5-18(22(20)28)21-15-9-13-8-14(11-15)12-16(21)10-13/h1-7,13-16,18,21H,8-12H2,(H2,26,27,29,30). The lowest BCUT2D eigenvalue weighted by molar-refractivity contribution is -0.126. The maximum Gasteiger partial charge on any atom is 0.326 e. The second-order valence-electron chi connectivity index (χ2n) is 9.25. The molecule has 4 fully saturated rings. The van der Waals surface area contributed by atoms with Crippen molar-refractivity contribution in [3.63, 3.8) is 0 Å². The fourth-order valence-electron chi connectivity index (χ4n) is 6.55. The number of rotatable bonds is 3. The van der Waals surface area contributed by atoms with Crippen LogP contribution in [0.5, 0.6) is 0 Å². The molecule has 3 amide bonds. The van der Waals surface area contributed by atoms with E-state index in [-0.39, 0.29) is 28.0 Å². The number of benzene rings is 1. The topological polar surface area (TPSA) is 75.3 Å². The number of nitrogens with one attached hydrogen (secondary N) is 2. The Labute approximate surface area is 180 Å². The van der Waals surface area contributed by atoms with Gasteiger partial charge in [0.05, 0.1) is 16.3 Å². The number of allylic oxidation sites excluding steroid dienone is 4. The molecule has 1 aromatic carbocycles. The van der Waals surface area contributed by atoms with E-state index in [4.69, 9.17) is 11.6 Å². The van der Waals surface area contributed by atoms with Crippen molar-refractivity contribution in [2.24, 2.45) is 35.5 Å². The number of amides is 3. The molecule has 5 aliphatic carbocycles. The molecule has 4 bridgehead atoms. The summed E-state index contributed by atoms with van der Waals surface area (Å²) < 4.78 is 0. The third-order valence-electron chi connectivity index (χ3n) is 7.46. The van der Waals surface area contributed by atoms with E-state index in [1.54, 1.807) is 30.3 Å². The van der Waals surface area contributed by atoms with Crippen molar-refractivity contribution in [2.75, 3.05) is 0 Å². The van der Waals surface area contributed by atoms with E-state index >= 15 is 0 Å². The summed E-state index contributed by atoms with van der Waals surface area (Å²) in [7, 11) is 0. The highest BCUT2D eigenvalue weighted by Crippen LogP contribution is 2.58. The van der Waals surface area contributed by atoms with Gasteiger partial charge in [0.15, 0.2) is 5.78 Å². The van der Waals surface area contributed by atoms with Crippen LogP contribution in [0, 0.1) is 35.5 Å². The third kappa shape index (κ3) is 3.49. The average molecular weight is 425 g/mol. The summed E-state index contributed by atoms with van der Waals surface area (Å²) in [6, 6.07) is 5.79. The molecule has 0 aromatic heterocycles. The number of carbonyl (C=O) groups excluding carboxylic acids is 3. The van der Waals surface area contributed by atoms with Gasteiger partial charge < -0.3 is 5.32 Å². The quantitative estimate of drug-likeness (QED) is 0.750. The molecule has 0 heterocycles. The van der Waals surface area contributed by atoms with E-state index in [9.17, 15) is 14.4 Å². The van der Waals surface area contributed by atoms with Crippen LogP contribution in [0.25, 0.3) is 0 Å². The molecular weight excluding hydrogens is 400 g/mol. The second-order valence-corrected chi connectivity index (χ2v) is 9.66. The zero-order valence-corrected chi connectivity index (χ0v) is 17.4. The van der Waals surface area contributed by atoms with Crippen LogP contribution in [0.15, 0.2) is 48.2 Å². The predicted molar refractivity (Wildman–Crippen MR) is 114 cm³/mol. The van der Waals surface area contributed by atoms with Gasteiger partial charge in [-0.05, 0) is 79.9 Å². The van der Waals surface area contributed by atoms with Crippen molar-refractivity contribution < 1.29 is 14.4 Å². The van der Waals surface area contributed by atoms with Gasteiger partial charge in [0.2, 0.25) is 0 Å². The summed E-state index contributed by atoms with van der Waals surface area (Å²) in [4.78, 5) is 37.9. The Hall–Kier alpha value is -2.40. The number of imide groups is 1. The van der Waals surface area contributed by atoms with Gasteiger partial charge in [0.25, 0.3) is 5.91 Å². The summed E-state index contributed by atoms with van der Waals surface area (Å²) in [5.74, 6) is 2.48. The van der Waals surface area contributed by atoms with E-state index < -0.39 is 11.9 Å². The maximum absolute atomic E-state index is 13.2. The first-order valence-corrected chi connectivity index (χ1v) is 11.2. The molecule has 5 nitrogen and oxygen atoms in total. The van der Waals surface area contributed by atoms with E-state index in [0.29, 0.717) is 17.8 Å². The molecule has 4 saturated carbocycles. The van der Waals surface area contributed by atoms with Crippen LogP contribution in [0.1, 0.15) is 42.5 Å². The van der Waals surface area contributed by atoms with Gasteiger partial charge in [-0.15, -0.1) is 0 Å². The number of ketones is 1. The first kappa shape index (κ1) is 19.6. The Bertz CT molecular complexity index is 939.